The number of carbonyl (C=O) groups excluding carboxylic acids is 1. The number of aromatic amines is 1. The number of carbonyl (C=O) groups is 1. The molecule has 0 radical (unpaired) electrons. The van der Waals surface area contributed by atoms with Gasteiger partial charge in [-0.05, 0) is 19.9 Å². The van der Waals surface area contributed by atoms with E-state index >= 15 is 0 Å². The van der Waals surface area contributed by atoms with Crippen molar-refractivity contribution in [3.05, 3.63) is 53.7 Å². The molecule has 1 amide bonds. The fourth-order valence-electron chi connectivity index (χ4n) is 2.61. The van der Waals surface area contributed by atoms with Crippen molar-refractivity contribution in [3.63, 3.8) is 0 Å². The maximum atomic E-state index is 12.2. The second-order valence-corrected chi connectivity index (χ2v) is 6.85. The highest BCUT2D eigenvalue weighted by molar-refractivity contribution is 8.01. The van der Waals surface area contributed by atoms with E-state index < -0.39 is 0 Å². The molecule has 23 heavy (non-hydrogen) atoms. The number of thioether (sulfide) groups is 1. The minimum Gasteiger partial charge on any atom is -0.489 e. The Hall–Kier alpha value is -2.21. The fraction of sp³-hybridized carbons (Fsp3) is 0.294. The van der Waals surface area contributed by atoms with Crippen LogP contribution in [0.2, 0.25) is 0 Å². The summed E-state index contributed by atoms with van der Waals surface area (Å²) in [6.45, 7) is 8.01. The Morgan fingerprint density at radius 1 is 1.43 bits per heavy atom. The highest BCUT2D eigenvalue weighted by atomic mass is 32.2. The number of H-pyrrole nitrogens is 1. The van der Waals surface area contributed by atoms with E-state index in [1.807, 2.05) is 38.1 Å². The summed E-state index contributed by atoms with van der Waals surface area (Å²) >= 11 is 1.60. The first kappa shape index (κ1) is 15.7. The van der Waals surface area contributed by atoms with E-state index in [1.165, 1.54) is 0 Å². The lowest BCUT2D eigenvalue weighted by Crippen LogP contribution is -2.21. The number of aromatic nitrogens is 2. The number of amides is 1. The molecule has 0 unspecified atom stereocenters. The van der Waals surface area contributed by atoms with Gasteiger partial charge in [0.05, 0.1) is 10.5 Å². The van der Waals surface area contributed by atoms with E-state index in [2.05, 4.69) is 22.1 Å². The lowest BCUT2D eigenvalue weighted by Gasteiger charge is -2.20. The zero-order valence-electron chi connectivity index (χ0n) is 13.1. The van der Waals surface area contributed by atoms with Crippen LogP contribution in [0.4, 0.5) is 5.82 Å². The van der Waals surface area contributed by atoms with E-state index in [-0.39, 0.29) is 16.4 Å². The first-order valence-corrected chi connectivity index (χ1v) is 8.40. The molecule has 5 nitrogen and oxygen atoms in total. The first-order valence-electron chi connectivity index (χ1n) is 7.45. The molecule has 3 rings (SSSR count). The minimum absolute atomic E-state index is 0.0290. The van der Waals surface area contributed by atoms with Crippen molar-refractivity contribution in [1.29, 1.82) is 0 Å². The number of hydrogen-bond acceptors (Lipinski definition) is 4. The van der Waals surface area contributed by atoms with Crippen molar-refractivity contribution in [3.8, 4) is 5.75 Å². The van der Waals surface area contributed by atoms with Gasteiger partial charge < -0.3 is 10.1 Å². The highest BCUT2D eigenvalue weighted by Gasteiger charge is 2.33. The van der Waals surface area contributed by atoms with Gasteiger partial charge in [-0.2, -0.15) is 5.10 Å². The molecule has 0 fully saturated rings. The standard InChI is InChI=1S/C17H19N3O2S/c1-4-9-22-13-8-6-5-7-12(13)15-14-10(2)19-20-16(14)18-17(21)11(3)23-15/h4-8,11,15H,1,9H2,2-3H3,(H2,18,19,20,21)/t11-,15-/m0/s1. The van der Waals surface area contributed by atoms with Gasteiger partial charge in [0.2, 0.25) is 5.91 Å². The van der Waals surface area contributed by atoms with Crippen LogP contribution in [0.1, 0.15) is 29.0 Å². The molecule has 0 saturated carbocycles. The lowest BCUT2D eigenvalue weighted by molar-refractivity contribution is -0.115. The van der Waals surface area contributed by atoms with E-state index in [0.29, 0.717) is 12.4 Å². The average molecular weight is 329 g/mol. The molecule has 1 aliphatic heterocycles. The van der Waals surface area contributed by atoms with Gasteiger partial charge in [0.1, 0.15) is 12.4 Å². The van der Waals surface area contributed by atoms with E-state index in [9.17, 15) is 4.79 Å². The summed E-state index contributed by atoms with van der Waals surface area (Å²) in [5.74, 6) is 1.38. The lowest BCUT2D eigenvalue weighted by atomic mass is 10.0. The van der Waals surface area contributed by atoms with E-state index in [0.717, 1.165) is 22.6 Å². The molecule has 6 heteroatoms. The minimum atomic E-state index is -0.180. The van der Waals surface area contributed by atoms with Crippen LogP contribution in [-0.4, -0.2) is 28.0 Å². The third kappa shape index (κ3) is 2.99. The molecule has 0 bridgehead atoms. The molecule has 1 aromatic heterocycles. The Kier molecular flexibility index (Phi) is 4.43. The van der Waals surface area contributed by atoms with Crippen molar-refractivity contribution in [2.75, 3.05) is 11.9 Å². The molecule has 2 aromatic rings. The third-order valence-corrected chi connectivity index (χ3v) is 5.15. The number of nitrogens with one attached hydrogen (secondary N) is 2. The molecule has 2 atom stereocenters. The Labute approximate surface area is 139 Å². The predicted molar refractivity (Wildman–Crippen MR) is 93.0 cm³/mol. The smallest absolute Gasteiger partial charge is 0.238 e. The molecule has 2 heterocycles. The SMILES string of the molecule is C=CCOc1ccccc1[C@@H]1S[C@@H](C)C(=O)Nc2n[nH]c(C)c21. The first-order chi connectivity index (χ1) is 11.1. The van der Waals surface area contributed by atoms with Crippen LogP contribution >= 0.6 is 11.8 Å². The number of hydrogen-bond donors (Lipinski definition) is 2. The van der Waals surface area contributed by atoms with Gasteiger partial charge in [-0.25, -0.2) is 0 Å². The summed E-state index contributed by atoms with van der Waals surface area (Å²) < 4.78 is 5.81. The van der Waals surface area contributed by atoms with Gasteiger partial charge in [-0.15, -0.1) is 11.8 Å². The topological polar surface area (TPSA) is 67.0 Å². The van der Waals surface area contributed by atoms with Gasteiger partial charge in [-0.3, -0.25) is 9.89 Å². The fourth-order valence-corrected chi connectivity index (χ4v) is 3.97. The van der Waals surface area contributed by atoms with Crippen LogP contribution in [0.15, 0.2) is 36.9 Å². The number of fused-ring (bicyclic) bond motifs is 1. The molecule has 0 saturated heterocycles. The third-order valence-electron chi connectivity index (χ3n) is 3.77. The second-order valence-electron chi connectivity index (χ2n) is 5.40. The monoisotopic (exact) mass is 329 g/mol. The summed E-state index contributed by atoms with van der Waals surface area (Å²) in [6.07, 6.45) is 1.72. The van der Waals surface area contributed by atoms with Crippen molar-refractivity contribution >= 4 is 23.5 Å². The summed E-state index contributed by atoms with van der Waals surface area (Å²) in [7, 11) is 0. The Balaban J connectivity index is 2.09. The maximum absolute atomic E-state index is 12.2. The number of anilines is 1. The molecular weight excluding hydrogens is 310 g/mol. The maximum Gasteiger partial charge on any atom is 0.238 e. The number of ether oxygens (including phenoxy) is 1. The largest absolute Gasteiger partial charge is 0.489 e. The van der Waals surface area contributed by atoms with Crippen LogP contribution in [0.5, 0.6) is 5.75 Å². The Morgan fingerprint density at radius 3 is 3.00 bits per heavy atom. The van der Waals surface area contributed by atoms with Crippen LogP contribution in [0.3, 0.4) is 0 Å². The van der Waals surface area contributed by atoms with Crippen molar-refractivity contribution in [2.24, 2.45) is 0 Å². The quantitative estimate of drug-likeness (QED) is 0.843. The number of benzene rings is 1. The highest BCUT2D eigenvalue weighted by Crippen LogP contribution is 2.47. The molecule has 1 aromatic carbocycles. The second kappa shape index (κ2) is 6.50. The van der Waals surface area contributed by atoms with Gasteiger partial charge in [0.15, 0.2) is 5.82 Å². The Bertz CT molecular complexity index is 741. The average Bonchev–Trinajstić information content (AvgIpc) is 2.85. The summed E-state index contributed by atoms with van der Waals surface area (Å²) in [4.78, 5) is 12.2. The summed E-state index contributed by atoms with van der Waals surface area (Å²) in [6, 6.07) is 7.91. The normalized spacial score (nSPS) is 20.3. The van der Waals surface area contributed by atoms with Gasteiger partial charge >= 0.3 is 0 Å². The number of aryl methyl sites for hydroxylation is 1. The molecular formula is C17H19N3O2S. The van der Waals surface area contributed by atoms with Gasteiger partial charge in [-0.1, -0.05) is 30.9 Å². The van der Waals surface area contributed by atoms with Gasteiger partial charge in [0.25, 0.3) is 0 Å². The summed E-state index contributed by atoms with van der Waals surface area (Å²) in [5.41, 5.74) is 2.99. The number of rotatable bonds is 4. The van der Waals surface area contributed by atoms with Crippen molar-refractivity contribution in [1.82, 2.24) is 10.2 Å². The number of nitrogens with zero attached hydrogens (tertiary/aromatic N) is 1. The van der Waals surface area contributed by atoms with Crippen molar-refractivity contribution < 1.29 is 9.53 Å². The van der Waals surface area contributed by atoms with Crippen LogP contribution in [-0.2, 0) is 4.79 Å². The molecule has 0 spiro atoms. The predicted octanol–water partition coefficient (Wildman–Crippen LogP) is 3.45. The molecule has 2 N–H and O–H groups in total. The van der Waals surface area contributed by atoms with E-state index in [1.54, 1.807) is 17.8 Å². The molecule has 1 aliphatic rings. The zero-order chi connectivity index (χ0) is 16.4. The molecule has 120 valence electrons. The molecule has 0 aliphatic carbocycles. The van der Waals surface area contributed by atoms with Gasteiger partial charge in [0, 0.05) is 16.8 Å². The zero-order valence-corrected chi connectivity index (χ0v) is 13.9. The van der Waals surface area contributed by atoms with Crippen molar-refractivity contribution in [2.45, 2.75) is 24.3 Å². The van der Waals surface area contributed by atoms with Crippen LogP contribution in [0, 0.1) is 6.92 Å². The Morgan fingerprint density at radius 2 is 2.22 bits per heavy atom. The van der Waals surface area contributed by atoms with Crippen LogP contribution in [0.25, 0.3) is 0 Å². The van der Waals surface area contributed by atoms with Crippen LogP contribution < -0.4 is 10.1 Å². The van der Waals surface area contributed by atoms with E-state index in [4.69, 9.17) is 4.74 Å². The summed E-state index contributed by atoms with van der Waals surface area (Å²) in [5, 5.41) is 9.90. The number of para-hydroxylation sites is 1.